The van der Waals surface area contributed by atoms with E-state index in [0.717, 1.165) is 64.2 Å². The number of ether oxygens (including phenoxy) is 1. The third-order valence-electron chi connectivity index (χ3n) is 11.2. The molecule has 0 saturated carbocycles. The molecule has 2 atom stereocenters. The minimum atomic E-state index is -0.850. The molecule has 334 valence electrons. The van der Waals surface area contributed by atoms with Crippen LogP contribution in [0.15, 0.2) is 36.5 Å². The molecule has 0 saturated heterocycles. The molecule has 6 nitrogen and oxygen atoms in total. The lowest BCUT2D eigenvalue weighted by Crippen LogP contribution is -2.45. The van der Waals surface area contributed by atoms with E-state index in [1.165, 1.54) is 161 Å². The molecule has 57 heavy (non-hydrogen) atoms. The Labute approximate surface area is 353 Å². The standard InChI is InChI=1S/C51H95NO5/c1-3-5-7-9-11-13-15-16-17-18-22-25-29-33-37-41-45-51(56)57-46-42-38-34-30-26-23-20-19-21-24-28-32-36-40-44-50(55)52-48(47-53)49(54)43-39-35-31-27-14-12-10-8-6-4-2/h13,15,17-18,39,43,48-49,53-54H,3-12,14,16,19-38,40-42,44-47H2,1-2H3,(H,52,55)/b15-13-,18-17-,43-39+. The van der Waals surface area contributed by atoms with Gasteiger partial charge in [-0.05, 0) is 64.2 Å². The molecule has 0 heterocycles. The average Bonchev–Trinajstić information content (AvgIpc) is 3.21. The molecule has 1 amide bonds. The predicted molar refractivity (Wildman–Crippen MR) is 246 cm³/mol. The number of carbonyl (C=O) groups is 2. The Morgan fingerprint density at radius 2 is 0.877 bits per heavy atom. The maximum absolute atomic E-state index is 12.4. The summed E-state index contributed by atoms with van der Waals surface area (Å²) in [6.45, 7) is 4.83. The van der Waals surface area contributed by atoms with Crippen molar-refractivity contribution in [3.8, 4) is 0 Å². The molecule has 0 spiro atoms. The molecule has 0 aromatic carbocycles. The summed E-state index contributed by atoms with van der Waals surface area (Å²) in [4.78, 5) is 24.4. The fraction of sp³-hybridized carbons (Fsp3) is 0.843. The molecule has 0 aromatic heterocycles. The van der Waals surface area contributed by atoms with Crippen LogP contribution >= 0.6 is 0 Å². The zero-order valence-electron chi connectivity index (χ0n) is 37.8. The first-order valence-corrected chi connectivity index (χ1v) is 24.8. The molecular weight excluding hydrogens is 707 g/mol. The number of aliphatic hydroxyl groups is 2. The summed E-state index contributed by atoms with van der Waals surface area (Å²) in [6.07, 6.45) is 55.6. The Bertz CT molecular complexity index is 931. The van der Waals surface area contributed by atoms with Crippen molar-refractivity contribution in [3.05, 3.63) is 36.5 Å². The van der Waals surface area contributed by atoms with E-state index < -0.39 is 12.1 Å². The summed E-state index contributed by atoms with van der Waals surface area (Å²) in [5.41, 5.74) is 0. The van der Waals surface area contributed by atoms with Gasteiger partial charge in [0.25, 0.3) is 0 Å². The van der Waals surface area contributed by atoms with E-state index in [9.17, 15) is 19.8 Å². The van der Waals surface area contributed by atoms with Crippen LogP contribution in [0.2, 0.25) is 0 Å². The van der Waals surface area contributed by atoms with E-state index in [4.69, 9.17) is 4.74 Å². The predicted octanol–water partition coefficient (Wildman–Crippen LogP) is 14.5. The van der Waals surface area contributed by atoms with Gasteiger partial charge in [-0.3, -0.25) is 9.59 Å². The second-order valence-electron chi connectivity index (χ2n) is 16.8. The molecular formula is C51H95NO5. The molecule has 0 aliphatic rings. The van der Waals surface area contributed by atoms with Crippen molar-refractivity contribution in [2.24, 2.45) is 0 Å². The van der Waals surface area contributed by atoms with Crippen LogP contribution in [-0.2, 0) is 14.3 Å². The van der Waals surface area contributed by atoms with Crippen LogP contribution in [0, 0.1) is 0 Å². The van der Waals surface area contributed by atoms with Crippen molar-refractivity contribution in [2.45, 2.75) is 264 Å². The summed E-state index contributed by atoms with van der Waals surface area (Å²) in [6, 6.07) is -0.635. The number of hydrogen-bond donors (Lipinski definition) is 3. The van der Waals surface area contributed by atoms with E-state index in [-0.39, 0.29) is 18.5 Å². The van der Waals surface area contributed by atoms with Crippen LogP contribution in [0.3, 0.4) is 0 Å². The largest absolute Gasteiger partial charge is 0.466 e. The highest BCUT2D eigenvalue weighted by Crippen LogP contribution is 2.15. The van der Waals surface area contributed by atoms with Gasteiger partial charge in [0.2, 0.25) is 5.91 Å². The quantitative estimate of drug-likeness (QED) is 0.0324. The highest BCUT2D eigenvalue weighted by atomic mass is 16.5. The number of aliphatic hydroxyl groups excluding tert-OH is 2. The first kappa shape index (κ1) is 55.1. The lowest BCUT2D eigenvalue weighted by Gasteiger charge is -2.20. The van der Waals surface area contributed by atoms with E-state index >= 15 is 0 Å². The number of allylic oxidation sites excluding steroid dienone is 5. The van der Waals surface area contributed by atoms with E-state index in [1.54, 1.807) is 6.08 Å². The van der Waals surface area contributed by atoms with Crippen LogP contribution in [-0.4, -0.2) is 47.4 Å². The summed E-state index contributed by atoms with van der Waals surface area (Å²) < 4.78 is 5.46. The lowest BCUT2D eigenvalue weighted by atomic mass is 10.0. The molecule has 3 N–H and O–H groups in total. The van der Waals surface area contributed by atoms with Crippen molar-refractivity contribution in [2.75, 3.05) is 13.2 Å². The van der Waals surface area contributed by atoms with Gasteiger partial charge in [0.05, 0.1) is 25.4 Å². The van der Waals surface area contributed by atoms with Gasteiger partial charge in [-0.25, -0.2) is 0 Å². The van der Waals surface area contributed by atoms with Crippen molar-refractivity contribution < 1.29 is 24.5 Å². The van der Waals surface area contributed by atoms with Crippen LogP contribution in [0.25, 0.3) is 0 Å². The van der Waals surface area contributed by atoms with Gasteiger partial charge in [0.1, 0.15) is 0 Å². The SMILES string of the molecule is CCCCCC/C=C\C/C=C\CCCCCCCC(=O)OCCCCCCCCCCCCCCCCC(=O)NC(CO)C(O)/C=C/CCCCCCCCCC. The number of amides is 1. The van der Waals surface area contributed by atoms with E-state index in [2.05, 4.69) is 43.5 Å². The van der Waals surface area contributed by atoms with Crippen LogP contribution in [0.5, 0.6) is 0 Å². The molecule has 2 unspecified atom stereocenters. The Kier molecular flexibility index (Phi) is 45.2. The Morgan fingerprint density at radius 3 is 1.35 bits per heavy atom. The number of nitrogens with one attached hydrogen (secondary N) is 1. The number of esters is 1. The second kappa shape index (κ2) is 46.8. The van der Waals surface area contributed by atoms with Crippen molar-refractivity contribution in [1.29, 1.82) is 0 Å². The monoisotopic (exact) mass is 802 g/mol. The summed E-state index contributed by atoms with van der Waals surface area (Å²) in [5, 5.41) is 22.9. The van der Waals surface area contributed by atoms with Crippen LogP contribution in [0.1, 0.15) is 251 Å². The van der Waals surface area contributed by atoms with Gasteiger partial charge in [-0.15, -0.1) is 0 Å². The smallest absolute Gasteiger partial charge is 0.305 e. The van der Waals surface area contributed by atoms with Crippen molar-refractivity contribution in [3.63, 3.8) is 0 Å². The topological polar surface area (TPSA) is 95.9 Å². The fourth-order valence-electron chi connectivity index (χ4n) is 7.31. The zero-order valence-corrected chi connectivity index (χ0v) is 37.8. The van der Waals surface area contributed by atoms with Crippen LogP contribution in [0.4, 0.5) is 0 Å². The first-order chi connectivity index (χ1) is 28.0. The van der Waals surface area contributed by atoms with Gasteiger partial charge < -0.3 is 20.3 Å². The maximum atomic E-state index is 12.4. The molecule has 0 bridgehead atoms. The first-order valence-electron chi connectivity index (χ1n) is 24.8. The minimum absolute atomic E-state index is 0.0179. The second-order valence-corrected chi connectivity index (χ2v) is 16.8. The zero-order chi connectivity index (χ0) is 41.5. The van der Waals surface area contributed by atoms with Gasteiger partial charge in [-0.2, -0.15) is 0 Å². The summed E-state index contributed by atoms with van der Waals surface area (Å²) >= 11 is 0. The molecule has 0 radical (unpaired) electrons. The molecule has 0 aromatic rings. The minimum Gasteiger partial charge on any atom is -0.466 e. The number of rotatable bonds is 45. The van der Waals surface area contributed by atoms with Crippen molar-refractivity contribution in [1.82, 2.24) is 5.32 Å². The van der Waals surface area contributed by atoms with Crippen LogP contribution < -0.4 is 5.32 Å². The van der Waals surface area contributed by atoms with E-state index in [0.29, 0.717) is 19.4 Å². The van der Waals surface area contributed by atoms with Gasteiger partial charge in [0.15, 0.2) is 0 Å². The normalized spacial score (nSPS) is 13.0. The Balaban J connectivity index is 3.46. The molecule has 0 aliphatic carbocycles. The third-order valence-corrected chi connectivity index (χ3v) is 11.2. The molecule has 0 aliphatic heterocycles. The average molecular weight is 802 g/mol. The number of hydrogen-bond acceptors (Lipinski definition) is 5. The number of unbranched alkanes of at least 4 members (excludes halogenated alkanes) is 30. The van der Waals surface area contributed by atoms with Gasteiger partial charge >= 0.3 is 5.97 Å². The maximum Gasteiger partial charge on any atom is 0.305 e. The molecule has 6 heteroatoms. The number of carbonyl (C=O) groups excluding carboxylic acids is 2. The highest BCUT2D eigenvalue weighted by molar-refractivity contribution is 5.76. The highest BCUT2D eigenvalue weighted by Gasteiger charge is 2.18. The van der Waals surface area contributed by atoms with Crippen molar-refractivity contribution >= 4 is 11.9 Å². The van der Waals surface area contributed by atoms with E-state index in [1.807, 2.05) is 6.08 Å². The Morgan fingerprint density at radius 1 is 0.491 bits per heavy atom. The molecule has 0 rings (SSSR count). The molecule has 0 fully saturated rings. The summed E-state index contributed by atoms with van der Waals surface area (Å²) in [5.74, 6) is -0.100. The third kappa shape index (κ3) is 43.5. The summed E-state index contributed by atoms with van der Waals surface area (Å²) in [7, 11) is 0. The fourth-order valence-corrected chi connectivity index (χ4v) is 7.31. The lowest BCUT2D eigenvalue weighted by molar-refractivity contribution is -0.143. The Hall–Kier alpha value is -1.92. The van der Waals surface area contributed by atoms with Gasteiger partial charge in [-0.1, -0.05) is 211 Å². The van der Waals surface area contributed by atoms with Gasteiger partial charge in [0, 0.05) is 12.8 Å².